The zero-order chi connectivity index (χ0) is 17.8. The van der Waals surface area contributed by atoms with E-state index in [1.165, 1.54) is 12.1 Å². The Morgan fingerprint density at radius 2 is 2.04 bits per heavy atom. The van der Waals surface area contributed by atoms with Gasteiger partial charge in [-0.1, -0.05) is 0 Å². The predicted octanol–water partition coefficient (Wildman–Crippen LogP) is 2.63. The highest BCUT2D eigenvalue weighted by atomic mass is 19.1. The van der Waals surface area contributed by atoms with Crippen molar-refractivity contribution in [1.29, 1.82) is 5.26 Å². The average molecular weight is 340 g/mol. The Balaban J connectivity index is 1.62. The van der Waals surface area contributed by atoms with E-state index < -0.39 is 0 Å². The van der Waals surface area contributed by atoms with Gasteiger partial charge in [-0.05, 0) is 37.1 Å². The molecular formula is C18H21FN6. The van der Waals surface area contributed by atoms with Crippen molar-refractivity contribution in [2.45, 2.75) is 18.9 Å². The number of hydrogen-bond acceptors (Lipinski definition) is 6. The largest absolute Gasteiger partial charge is 0.371 e. The molecule has 130 valence electrons. The number of nitriles is 1. The Hall–Kier alpha value is -2.88. The molecule has 1 aliphatic heterocycles. The molecule has 1 N–H and O–H groups in total. The highest BCUT2D eigenvalue weighted by Gasteiger charge is 2.20. The first kappa shape index (κ1) is 17.0. The molecule has 2 aromatic rings. The van der Waals surface area contributed by atoms with Gasteiger partial charge in [0.2, 0.25) is 5.95 Å². The van der Waals surface area contributed by atoms with Crippen LogP contribution in [0.1, 0.15) is 18.4 Å². The molecule has 0 atom stereocenters. The Bertz CT molecular complexity index is 777. The fourth-order valence-corrected chi connectivity index (χ4v) is 2.96. The lowest BCUT2D eigenvalue weighted by molar-refractivity contribution is 0.524. The Morgan fingerprint density at radius 1 is 1.28 bits per heavy atom. The van der Waals surface area contributed by atoms with Crippen molar-refractivity contribution in [3.05, 3.63) is 41.8 Å². The SMILES string of the molecule is CN(C)c1nccc(NC2CCN(c3cc(F)cc(C#N)c3)CC2)n1. The molecule has 1 saturated heterocycles. The van der Waals surface area contributed by atoms with Gasteiger partial charge < -0.3 is 15.1 Å². The molecule has 7 heteroatoms. The van der Waals surface area contributed by atoms with Crippen LogP contribution in [0.3, 0.4) is 0 Å². The zero-order valence-corrected chi connectivity index (χ0v) is 14.4. The Morgan fingerprint density at radius 3 is 2.72 bits per heavy atom. The topological polar surface area (TPSA) is 68.1 Å². The van der Waals surface area contributed by atoms with E-state index in [9.17, 15) is 4.39 Å². The minimum Gasteiger partial charge on any atom is -0.371 e. The Labute approximate surface area is 146 Å². The molecule has 6 nitrogen and oxygen atoms in total. The van der Waals surface area contributed by atoms with Gasteiger partial charge in [-0.25, -0.2) is 9.37 Å². The molecule has 0 aliphatic carbocycles. The molecule has 3 rings (SSSR count). The van der Waals surface area contributed by atoms with E-state index in [-0.39, 0.29) is 5.82 Å². The van der Waals surface area contributed by atoms with Crippen LogP contribution in [-0.2, 0) is 0 Å². The number of aromatic nitrogens is 2. The summed E-state index contributed by atoms with van der Waals surface area (Å²) in [5, 5.41) is 12.4. The molecule has 0 radical (unpaired) electrons. The number of piperidine rings is 1. The molecule has 1 aromatic heterocycles. The van der Waals surface area contributed by atoms with Gasteiger partial charge in [-0.2, -0.15) is 10.2 Å². The number of benzene rings is 1. The lowest BCUT2D eigenvalue weighted by atomic mass is 10.0. The second-order valence-corrected chi connectivity index (χ2v) is 6.35. The van der Waals surface area contributed by atoms with Gasteiger partial charge in [0.15, 0.2) is 0 Å². The van der Waals surface area contributed by atoms with Crippen molar-refractivity contribution in [2.24, 2.45) is 0 Å². The molecule has 0 saturated carbocycles. The van der Waals surface area contributed by atoms with Crippen LogP contribution in [0.2, 0.25) is 0 Å². The van der Waals surface area contributed by atoms with Gasteiger partial charge in [0, 0.05) is 45.1 Å². The second-order valence-electron chi connectivity index (χ2n) is 6.35. The molecule has 0 spiro atoms. The third-order valence-electron chi connectivity index (χ3n) is 4.27. The summed E-state index contributed by atoms with van der Waals surface area (Å²) < 4.78 is 13.6. The van der Waals surface area contributed by atoms with Gasteiger partial charge >= 0.3 is 0 Å². The van der Waals surface area contributed by atoms with Crippen molar-refractivity contribution in [3.63, 3.8) is 0 Å². The average Bonchev–Trinajstić information content (AvgIpc) is 2.62. The third kappa shape index (κ3) is 4.15. The summed E-state index contributed by atoms with van der Waals surface area (Å²) in [5.41, 5.74) is 1.12. The van der Waals surface area contributed by atoms with Crippen LogP contribution < -0.4 is 15.1 Å². The summed E-state index contributed by atoms with van der Waals surface area (Å²) in [4.78, 5) is 12.7. The van der Waals surface area contributed by atoms with E-state index in [0.29, 0.717) is 17.6 Å². The van der Waals surface area contributed by atoms with Crippen molar-refractivity contribution < 1.29 is 4.39 Å². The highest BCUT2D eigenvalue weighted by molar-refractivity contribution is 5.52. The molecule has 1 fully saturated rings. The van der Waals surface area contributed by atoms with Crippen LogP contribution >= 0.6 is 0 Å². The minimum absolute atomic E-state index is 0.310. The van der Waals surface area contributed by atoms with Crippen LogP contribution in [0, 0.1) is 17.1 Å². The van der Waals surface area contributed by atoms with Crippen LogP contribution in [0.5, 0.6) is 0 Å². The van der Waals surface area contributed by atoms with Gasteiger partial charge in [0.05, 0.1) is 11.6 Å². The lowest BCUT2D eigenvalue weighted by Crippen LogP contribution is -2.39. The smallest absolute Gasteiger partial charge is 0.226 e. The molecule has 2 heterocycles. The molecule has 0 unspecified atom stereocenters. The standard InChI is InChI=1S/C18H21FN6/c1-24(2)18-21-6-3-17(23-18)22-15-4-7-25(8-5-15)16-10-13(12-20)9-14(19)11-16/h3,6,9-11,15H,4-5,7-8H2,1-2H3,(H,21,22,23). The molecule has 25 heavy (non-hydrogen) atoms. The number of nitrogens with one attached hydrogen (secondary N) is 1. The lowest BCUT2D eigenvalue weighted by Gasteiger charge is -2.34. The second kappa shape index (κ2) is 7.34. The van der Waals surface area contributed by atoms with Gasteiger partial charge in [-0.3, -0.25) is 0 Å². The first-order valence-electron chi connectivity index (χ1n) is 8.27. The first-order chi connectivity index (χ1) is 12.0. The van der Waals surface area contributed by atoms with Crippen LogP contribution in [0.25, 0.3) is 0 Å². The van der Waals surface area contributed by atoms with E-state index >= 15 is 0 Å². The molecule has 0 amide bonds. The number of halogens is 1. The Kier molecular flexibility index (Phi) is 4.98. The molecular weight excluding hydrogens is 319 g/mol. The van der Waals surface area contributed by atoms with Crippen molar-refractivity contribution in [2.75, 3.05) is 42.3 Å². The van der Waals surface area contributed by atoms with E-state index in [2.05, 4.69) is 20.2 Å². The van der Waals surface area contributed by atoms with Crippen molar-refractivity contribution >= 4 is 17.5 Å². The normalized spacial score (nSPS) is 14.9. The molecule has 0 bridgehead atoms. The number of hydrogen-bond donors (Lipinski definition) is 1. The highest BCUT2D eigenvalue weighted by Crippen LogP contribution is 2.24. The van der Waals surface area contributed by atoms with Crippen LogP contribution in [0.4, 0.5) is 21.8 Å². The summed E-state index contributed by atoms with van der Waals surface area (Å²) in [6.45, 7) is 1.61. The summed E-state index contributed by atoms with van der Waals surface area (Å²) >= 11 is 0. The van der Waals surface area contributed by atoms with Gasteiger partial charge in [-0.15, -0.1) is 0 Å². The summed E-state index contributed by atoms with van der Waals surface area (Å²) in [7, 11) is 3.82. The van der Waals surface area contributed by atoms with E-state index in [1.54, 1.807) is 12.3 Å². The molecule has 1 aliphatic rings. The summed E-state index contributed by atoms with van der Waals surface area (Å²) in [6.07, 6.45) is 3.58. The van der Waals surface area contributed by atoms with E-state index in [0.717, 1.165) is 37.4 Å². The van der Waals surface area contributed by atoms with E-state index in [1.807, 2.05) is 31.1 Å². The minimum atomic E-state index is -0.369. The summed E-state index contributed by atoms with van der Waals surface area (Å²) in [6, 6.07) is 8.67. The maximum absolute atomic E-state index is 13.6. The maximum atomic E-state index is 13.6. The van der Waals surface area contributed by atoms with Crippen LogP contribution in [0.15, 0.2) is 30.5 Å². The first-order valence-corrected chi connectivity index (χ1v) is 8.27. The van der Waals surface area contributed by atoms with Gasteiger partial charge in [0.25, 0.3) is 0 Å². The quantitative estimate of drug-likeness (QED) is 0.923. The zero-order valence-electron chi connectivity index (χ0n) is 14.4. The number of nitrogens with zero attached hydrogens (tertiary/aromatic N) is 5. The van der Waals surface area contributed by atoms with Crippen molar-refractivity contribution in [3.8, 4) is 6.07 Å². The number of anilines is 3. The van der Waals surface area contributed by atoms with Crippen LogP contribution in [-0.4, -0.2) is 43.2 Å². The maximum Gasteiger partial charge on any atom is 0.226 e. The van der Waals surface area contributed by atoms with Crippen molar-refractivity contribution in [1.82, 2.24) is 9.97 Å². The monoisotopic (exact) mass is 340 g/mol. The molecule has 1 aromatic carbocycles. The summed E-state index contributed by atoms with van der Waals surface area (Å²) in [5.74, 6) is 1.12. The van der Waals surface area contributed by atoms with E-state index in [4.69, 9.17) is 5.26 Å². The number of rotatable bonds is 4. The fourth-order valence-electron chi connectivity index (χ4n) is 2.96. The predicted molar refractivity (Wildman–Crippen MR) is 96.3 cm³/mol. The fraction of sp³-hybridized carbons (Fsp3) is 0.389. The van der Waals surface area contributed by atoms with Gasteiger partial charge in [0.1, 0.15) is 11.6 Å². The third-order valence-corrected chi connectivity index (χ3v) is 4.27.